The van der Waals surface area contributed by atoms with Gasteiger partial charge in [-0.15, -0.1) is 0 Å². The standard InChI is InChI=1S/C21H31N3O4S/c1-16-9-10-18(29(27,28)24-13-7-4-8-14-24)15-19(16)22-20(26)21(23-17(2)25)11-5-3-6-12-21/h9-10,15H,3-8,11-14H2,1-2H3,(H,22,26)(H,23,25). The summed E-state index contributed by atoms with van der Waals surface area (Å²) in [7, 11) is -3.58. The zero-order valence-corrected chi connectivity index (χ0v) is 18.1. The van der Waals surface area contributed by atoms with Gasteiger partial charge >= 0.3 is 0 Å². The molecule has 1 aromatic carbocycles. The van der Waals surface area contributed by atoms with E-state index in [-0.39, 0.29) is 16.7 Å². The van der Waals surface area contributed by atoms with Gasteiger partial charge < -0.3 is 10.6 Å². The van der Waals surface area contributed by atoms with Gasteiger partial charge in [-0.3, -0.25) is 9.59 Å². The first-order chi connectivity index (χ1) is 13.7. The smallest absolute Gasteiger partial charge is 0.250 e. The second-order valence-electron chi connectivity index (χ2n) is 8.22. The minimum Gasteiger partial charge on any atom is -0.342 e. The van der Waals surface area contributed by atoms with Gasteiger partial charge in [0.15, 0.2) is 0 Å². The van der Waals surface area contributed by atoms with Crippen LogP contribution in [-0.2, 0) is 19.6 Å². The highest BCUT2D eigenvalue weighted by atomic mass is 32.2. The minimum absolute atomic E-state index is 0.192. The molecule has 0 bridgehead atoms. The minimum atomic E-state index is -3.58. The number of hydrogen-bond donors (Lipinski definition) is 2. The third-order valence-corrected chi connectivity index (χ3v) is 7.86. The van der Waals surface area contributed by atoms with Crippen LogP contribution in [0, 0.1) is 6.92 Å². The van der Waals surface area contributed by atoms with Crippen LogP contribution >= 0.6 is 0 Å². The monoisotopic (exact) mass is 421 g/mol. The Labute approximate surface area is 173 Å². The van der Waals surface area contributed by atoms with E-state index in [1.54, 1.807) is 18.2 Å². The second kappa shape index (κ2) is 8.83. The number of carbonyl (C=O) groups is 2. The Morgan fingerprint density at radius 3 is 2.24 bits per heavy atom. The van der Waals surface area contributed by atoms with Crippen LogP contribution in [0.2, 0.25) is 0 Å². The molecule has 2 N–H and O–H groups in total. The Morgan fingerprint density at radius 2 is 1.62 bits per heavy atom. The van der Waals surface area contributed by atoms with Crippen LogP contribution in [0.25, 0.3) is 0 Å². The SMILES string of the molecule is CC(=O)NC1(C(=O)Nc2cc(S(=O)(=O)N3CCCCC3)ccc2C)CCCCC1. The van der Waals surface area contributed by atoms with Crippen molar-refractivity contribution in [3.05, 3.63) is 23.8 Å². The molecule has 2 aliphatic rings. The van der Waals surface area contributed by atoms with Crippen LogP contribution < -0.4 is 10.6 Å². The lowest BCUT2D eigenvalue weighted by atomic mass is 9.80. The van der Waals surface area contributed by atoms with Gasteiger partial charge in [0, 0.05) is 25.7 Å². The highest BCUT2D eigenvalue weighted by Crippen LogP contribution is 2.31. The van der Waals surface area contributed by atoms with E-state index in [2.05, 4.69) is 10.6 Å². The number of aryl methyl sites for hydroxylation is 1. The maximum atomic E-state index is 13.2. The largest absolute Gasteiger partial charge is 0.342 e. The fourth-order valence-electron chi connectivity index (χ4n) is 4.29. The van der Waals surface area contributed by atoms with Crippen molar-refractivity contribution < 1.29 is 18.0 Å². The molecule has 0 unspecified atom stereocenters. The second-order valence-corrected chi connectivity index (χ2v) is 10.2. The molecule has 7 nitrogen and oxygen atoms in total. The van der Waals surface area contributed by atoms with Crippen molar-refractivity contribution in [1.29, 1.82) is 0 Å². The number of benzene rings is 1. The molecule has 1 saturated heterocycles. The predicted octanol–water partition coefficient (Wildman–Crippen LogP) is 2.95. The maximum Gasteiger partial charge on any atom is 0.250 e. The molecule has 0 spiro atoms. The summed E-state index contributed by atoms with van der Waals surface area (Å²) in [5.41, 5.74) is 0.325. The number of rotatable bonds is 5. The Hall–Kier alpha value is -1.93. The van der Waals surface area contributed by atoms with Crippen LogP contribution in [-0.4, -0.2) is 43.2 Å². The van der Waals surface area contributed by atoms with Gasteiger partial charge in [0.1, 0.15) is 5.54 Å². The number of sulfonamides is 1. The summed E-state index contributed by atoms with van der Waals surface area (Å²) < 4.78 is 27.5. The molecular formula is C21H31N3O4S. The van der Waals surface area contributed by atoms with E-state index in [1.807, 2.05) is 6.92 Å². The Bertz CT molecular complexity index is 870. The van der Waals surface area contributed by atoms with Crippen molar-refractivity contribution in [2.24, 2.45) is 0 Å². The number of nitrogens with zero attached hydrogens (tertiary/aromatic N) is 1. The molecule has 160 valence electrons. The summed E-state index contributed by atoms with van der Waals surface area (Å²) in [6, 6.07) is 4.86. The van der Waals surface area contributed by atoms with Gasteiger partial charge in [-0.2, -0.15) is 4.31 Å². The van der Waals surface area contributed by atoms with Crippen LogP contribution in [0.3, 0.4) is 0 Å². The molecule has 2 amide bonds. The van der Waals surface area contributed by atoms with E-state index in [9.17, 15) is 18.0 Å². The van der Waals surface area contributed by atoms with Gasteiger partial charge in [0.05, 0.1) is 4.90 Å². The van der Waals surface area contributed by atoms with E-state index >= 15 is 0 Å². The number of carbonyl (C=O) groups excluding carboxylic acids is 2. The summed E-state index contributed by atoms with van der Waals surface area (Å²) in [5, 5.41) is 5.76. The average molecular weight is 422 g/mol. The lowest BCUT2D eigenvalue weighted by molar-refractivity contribution is -0.130. The maximum absolute atomic E-state index is 13.2. The van der Waals surface area contributed by atoms with Crippen molar-refractivity contribution in [2.45, 2.75) is 75.6 Å². The highest BCUT2D eigenvalue weighted by molar-refractivity contribution is 7.89. The zero-order chi connectivity index (χ0) is 21.1. The number of nitrogens with one attached hydrogen (secondary N) is 2. The lowest BCUT2D eigenvalue weighted by Crippen LogP contribution is -2.57. The molecule has 1 aromatic rings. The topological polar surface area (TPSA) is 95.6 Å². The molecule has 1 aliphatic carbocycles. The van der Waals surface area contributed by atoms with Gasteiger partial charge in [-0.1, -0.05) is 31.7 Å². The number of hydrogen-bond acceptors (Lipinski definition) is 4. The molecule has 0 atom stereocenters. The molecule has 0 radical (unpaired) electrons. The summed E-state index contributed by atoms with van der Waals surface area (Å²) in [6.45, 7) is 4.31. The van der Waals surface area contributed by atoms with Crippen molar-refractivity contribution in [1.82, 2.24) is 9.62 Å². The summed E-state index contributed by atoms with van der Waals surface area (Å²) in [6.07, 6.45) is 6.74. The third-order valence-electron chi connectivity index (χ3n) is 5.97. The van der Waals surface area contributed by atoms with Crippen LogP contribution in [0.4, 0.5) is 5.69 Å². The van der Waals surface area contributed by atoms with Crippen molar-refractivity contribution in [2.75, 3.05) is 18.4 Å². The van der Waals surface area contributed by atoms with E-state index < -0.39 is 15.6 Å². The molecule has 1 saturated carbocycles. The zero-order valence-electron chi connectivity index (χ0n) is 17.3. The van der Waals surface area contributed by atoms with E-state index in [1.165, 1.54) is 11.2 Å². The lowest BCUT2D eigenvalue weighted by Gasteiger charge is -2.36. The fraction of sp³-hybridized carbons (Fsp3) is 0.619. The molecule has 1 aliphatic heterocycles. The van der Waals surface area contributed by atoms with Crippen LogP contribution in [0.5, 0.6) is 0 Å². The van der Waals surface area contributed by atoms with Crippen molar-refractivity contribution >= 4 is 27.5 Å². The van der Waals surface area contributed by atoms with Gasteiger partial charge in [-0.05, 0) is 50.3 Å². The summed E-state index contributed by atoms with van der Waals surface area (Å²) >= 11 is 0. The quantitative estimate of drug-likeness (QED) is 0.764. The normalized spacial score (nSPS) is 20.1. The molecule has 1 heterocycles. The van der Waals surface area contributed by atoms with E-state index in [0.29, 0.717) is 31.6 Å². The Morgan fingerprint density at radius 1 is 1.00 bits per heavy atom. The first-order valence-corrected chi connectivity index (χ1v) is 11.9. The summed E-state index contributed by atoms with van der Waals surface area (Å²) in [4.78, 5) is 25.1. The van der Waals surface area contributed by atoms with Gasteiger partial charge in [-0.25, -0.2) is 8.42 Å². The van der Waals surface area contributed by atoms with Crippen molar-refractivity contribution in [3.63, 3.8) is 0 Å². The fourth-order valence-corrected chi connectivity index (χ4v) is 5.84. The number of amides is 2. The van der Waals surface area contributed by atoms with Crippen molar-refractivity contribution in [3.8, 4) is 0 Å². The number of anilines is 1. The molecule has 0 aromatic heterocycles. The van der Waals surface area contributed by atoms with Crippen LogP contribution in [0.15, 0.2) is 23.1 Å². The average Bonchev–Trinajstić information content (AvgIpc) is 2.70. The molecule has 8 heteroatoms. The van der Waals surface area contributed by atoms with Gasteiger partial charge in [0.2, 0.25) is 21.8 Å². The molecule has 29 heavy (non-hydrogen) atoms. The highest BCUT2D eigenvalue weighted by Gasteiger charge is 2.40. The first-order valence-electron chi connectivity index (χ1n) is 10.5. The first kappa shape index (κ1) is 21.8. The predicted molar refractivity (Wildman–Crippen MR) is 112 cm³/mol. The Balaban J connectivity index is 1.86. The third kappa shape index (κ3) is 4.80. The molecule has 3 rings (SSSR count). The molecule has 2 fully saturated rings. The van der Waals surface area contributed by atoms with E-state index in [0.717, 1.165) is 44.1 Å². The Kier molecular flexibility index (Phi) is 6.63. The number of piperidine rings is 1. The molecular weight excluding hydrogens is 390 g/mol. The van der Waals surface area contributed by atoms with Gasteiger partial charge in [0.25, 0.3) is 0 Å². The van der Waals surface area contributed by atoms with E-state index in [4.69, 9.17) is 0 Å². The summed E-state index contributed by atoms with van der Waals surface area (Å²) in [5.74, 6) is -0.511. The van der Waals surface area contributed by atoms with Crippen LogP contribution in [0.1, 0.15) is 63.9 Å².